The molecule has 7 nitrogen and oxygen atoms in total. The molecule has 0 unspecified atom stereocenters. The normalized spacial score (nSPS) is 10.6. The lowest BCUT2D eigenvalue weighted by Gasteiger charge is -2.11. The van der Waals surface area contributed by atoms with Gasteiger partial charge in [-0.25, -0.2) is 0 Å². The molecule has 0 atom stereocenters. The number of aromatic nitrogens is 3. The van der Waals surface area contributed by atoms with E-state index >= 15 is 0 Å². The van der Waals surface area contributed by atoms with E-state index in [2.05, 4.69) is 15.5 Å². The topological polar surface area (TPSA) is 86.1 Å². The van der Waals surface area contributed by atoms with Gasteiger partial charge in [-0.3, -0.25) is 14.2 Å². The van der Waals surface area contributed by atoms with Crippen LogP contribution in [-0.2, 0) is 16.2 Å². The van der Waals surface area contributed by atoms with Gasteiger partial charge in [0.15, 0.2) is 16.8 Å². The highest BCUT2D eigenvalue weighted by molar-refractivity contribution is 7.99. The van der Waals surface area contributed by atoms with Crippen LogP contribution in [0.2, 0.25) is 0 Å². The van der Waals surface area contributed by atoms with E-state index in [1.165, 1.54) is 11.8 Å². The number of nitrogens with zero attached hydrogens (tertiary/aromatic N) is 3. The fourth-order valence-corrected chi connectivity index (χ4v) is 4.04. The first-order valence-electron chi connectivity index (χ1n) is 10.8. The molecular formula is C26H24N4O3S. The third-order valence-electron chi connectivity index (χ3n) is 4.88. The number of carbonyl (C=O) groups excluding carboxylic acids is 2. The molecule has 0 bridgehead atoms. The van der Waals surface area contributed by atoms with E-state index in [1.54, 1.807) is 12.1 Å². The number of aryl methyl sites for hydroxylation is 1. The number of ether oxygens (including phenoxy) is 1. The van der Waals surface area contributed by atoms with E-state index in [0.717, 1.165) is 17.0 Å². The molecule has 8 heteroatoms. The molecule has 4 rings (SSSR count). The zero-order valence-electron chi connectivity index (χ0n) is 18.7. The van der Waals surface area contributed by atoms with Gasteiger partial charge in [0.1, 0.15) is 12.4 Å². The van der Waals surface area contributed by atoms with Crippen molar-refractivity contribution in [3.8, 4) is 11.4 Å². The summed E-state index contributed by atoms with van der Waals surface area (Å²) in [7, 11) is 0. The Labute approximate surface area is 202 Å². The third-order valence-corrected chi connectivity index (χ3v) is 5.87. The van der Waals surface area contributed by atoms with Crippen LogP contribution in [0.5, 0.6) is 5.75 Å². The van der Waals surface area contributed by atoms with Gasteiger partial charge < -0.3 is 10.1 Å². The molecule has 1 aromatic heterocycles. The molecule has 0 saturated heterocycles. The molecule has 1 amide bonds. The third kappa shape index (κ3) is 6.32. The first-order valence-corrected chi connectivity index (χ1v) is 11.8. The molecule has 0 fully saturated rings. The molecule has 0 aliphatic carbocycles. The molecule has 0 aliphatic heterocycles. The van der Waals surface area contributed by atoms with E-state index < -0.39 is 0 Å². The maximum Gasteiger partial charge on any atom is 0.231 e. The molecule has 0 aliphatic rings. The Bertz CT molecular complexity index is 1240. The monoisotopic (exact) mass is 472 g/mol. The van der Waals surface area contributed by atoms with Crippen LogP contribution in [0.3, 0.4) is 0 Å². The zero-order valence-corrected chi connectivity index (χ0v) is 19.5. The van der Waals surface area contributed by atoms with E-state index in [-0.39, 0.29) is 30.5 Å². The number of thioether (sulfide) groups is 1. The van der Waals surface area contributed by atoms with Crippen molar-refractivity contribution in [3.05, 3.63) is 96.3 Å². The van der Waals surface area contributed by atoms with Crippen LogP contribution < -0.4 is 10.1 Å². The summed E-state index contributed by atoms with van der Waals surface area (Å²) < 4.78 is 7.78. The largest absolute Gasteiger partial charge is 0.486 e. The fraction of sp³-hybridized carbons (Fsp3) is 0.154. The summed E-state index contributed by atoms with van der Waals surface area (Å²) in [5.74, 6) is 0.920. The van der Waals surface area contributed by atoms with Gasteiger partial charge in [-0.2, -0.15) is 0 Å². The average Bonchev–Trinajstić information content (AvgIpc) is 3.26. The summed E-state index contributed by atoms with van der Waals surface area (Å²) >= 11 is 1.25. The van der Waals surface area contributed by atoms with Crippen molar-refractivity contribution in [2.75, 3.05) is 11.1 Å². The summed E-state index contributed by atoms with van der Waals surface area (Å²) in [6.45, 7) is 2.24. The smallest absolute Gasteiger partial charge is 0.231 e. The SMILES string of the molecule is Cc1ccc(OCc2nnc(SCC(=O)CC(=O)Nc3ccccc3)n2-c2ccccc2)cc1. The highest BCUT2D eigenvalue weighted by Gasteiger charge is 2.17. The highest BCUT2D eigenvalue weighted by Crippen LogP contribution is 2.23. The predicted molar refractivity (Wildman–Crippen MR) is 132 cm³/mol. The Morgan fingerprint density at radius 3 is 2.29 bits per heavy atom. The summed E-state index contributed by atoms with van der Waals surface area (Å²) in [5.41, 5.74) is 2.68. The number of amides is 1. The number of carbonyl (C=O) groups is 2. The van der Waals surface area contributed by atoms with Crippen LogP contribution in [0.25, 0.3) is 5.69 Å². The van der Waals surface area contributed by atoms with Gasteiger partial charge >= 0.3 is 0 Å². The quantitative estimate of drug-likeness (QED) is 0.262. The Morgan fingerprint density at radius 2 is 1.59 bits per heavy atom. The van der Waals surface area contributed by atoms with Gasteiger partial charge in [-0.15, -0.1) is 10.2 Å². The first kappa shape index (κ1) is 23.3. The number of benzene rings is 3. The summed E-state index contributed by atoms with van der Waals surface area (Å²) in [6, 6.07) is 26.5. The second-order valence-corrected chi connectivity index (χ2v) is 8.53. The second-order valence-electron chi connectivity index (χ2n) is 7.59. The summed E-state index contributed by atoms with van der Waals surface area (Å²) in [4.78, 5) is 24.6. The number of hydrogen-bond donors (Lipinski definition) is 1. The van der Waals surface area contributed by atoms with Gasteiger partial charge in [-0.1, -0.05) is 65.9 Å². The van der Waals surface area contributed by atoms with Crippen molar-refractivity contribution in [3.63, 3.8) is 0 Å². The van der Waals surface area contributed by atoms with Gasteiger partial charge in [0, 0.05) is 11.4 Å². The molecular weight excluding hydrogens is 448 g/mol. The van der Waals surface area contributed by atoms with Crippen molar-refractivity contribution in [1.82, 2.24) is 14.8 Å². The maximum absolute atomic E-state index is 12.4. The minimum atomic E-state index is -0.339. The lowest BCUT2D eigenvalue weighted by atomic mass is 10.2. The predicted octanol–water partition coefficient (Wildman–Crippen LogP) is 4.84. The van der Waals surface area contributed by atoms with Crippen LogP contribution in [-0.4, -0.2) is 32.2 Å². The standard InChI is InChI=1S/C26H24N4O3S/c1-19-12-14-23(15-13-19)33-17-24-28-29-26(30(24)21-10-6-3-7-11-21)34-18-22(31)16-25(32)27-20-8-4-2-5-9-20/h2-15H,16-18H2,1H3,(H,27,32). The highest BCUT2D eigenvalue weighted by atomic mass is 32.2. The van der Waals surface area contributed by atoms with Gasteiger partial charge in [0.25, 0.3) is 0 Å². The minimum Gasteiger partial charge on any atom is -0.486 e. The first-order chi connectivity index (χ1) is 16.6. The lowest BCUT2D eigenvalue weighted by Crippen LogP contribution is -2.17. The van der Waals surface area contributed by atoms with Crippen molar-refractivity contribution in [2.24, 2.45) is 0 Å². The molecule has 0 radical (unpaired) electrons. The van der Waals surface area contributed by atoms with Crippen molar-refractivity contribution in [1.29, 1.82) is 0 Å². The average molecular weight is 473 g/mol. The van der Waals surface area contributed by atoms with Crippen LogP contribution >= 0.6 is 11.8 Å². The minimum absolute atomic E-state index is 0.103. The van der Waals surface area contributed by atoms with Crippen LogP contribution in [0.1, 0.15) is 17.8 Å². The fourth-order valence-electron chi connectivity index (χ4n) is 3.21. The van der Waals surface area contributed by atoms with Crippen LogP contribution in [0.15, 0.2) is 90.1 Å². The molecule has 1 N–H and O–H groups in total. The van der Waals surface area contributed by atoms with Crippen LogP contribution in [0, 0.1) is 6.92 Å². The van der Waals surface area contributed by atoms with E-state index in [1.807, 2.05) is 84.3 Å². The van der Waals surface area contributed by atoms with E-state index in [0.29, 0.717) is 16.7 Å². The molecule has 34 heavy (non-hydrogen) atoms. The van der Waals surface area contributed by atoms with Gasteiger partial charge in [0.05, 0.1) is 12.2 Å². The van der Waals surface area contributed by atoms with Crippen molar-refractivity contribution in [2.45, 2.75) is 25.1 Å². The Morgan fingerprint density at radius 1 is 0.912 bits per heavy atom. The zero-order chi connectivity index (χ0) is 23.8. The number of ketones is 1. The van der Waals surface area contributed by atoms with E-state index in [9.17, 15) is 9.59 Å². The van der Waals surface area contributed by atoms with Crippen molar-refractivity contribution < 1.29 is 14.3 Å². The van der Waals surface area contributed by atoms with Gasteiger partial charge in [0.2, 0.25) is 5.91 Å². The summed E-state index contributed by atoms with van der Waals surface area (Å²) in [6.07, 6.45) is -0.204. The summed E-state index contributed by atoms with van der Waals surface area (Å²) in [5, 5.41) is 11.9. The molecule has 4 aromatic rings. The number of nitrogens with one attached hydrogen (secondary N) is 1. The maximum atomic E-state index is 12.4. The number of hydrogen-bond acceptors (Lipinski definition) is 6. The van der Waals surface area contributed by atoms with Crippen LogP contribution in [0.4, 0.5) is 5.69 Å². The Kier molecular flexibility index (Phi) is 7.72. The second kappa shape index (κ2) is 11.3. The Balaban J connectivity index is 1.42. The Hall–Kier alpha value is -3.91. The molecule has 0 spiro atoms. The molecule has 3 aromatic carbocycles. The van der Waals surface area contributed by atoms with Gasteiger partial charge in [-0.05, 0) is 43.3 Å². The van der Waals surface area contributed by atoms with Crippen molar-refractivity contribution >= 4 is 29.1 Å². The number of Topliss-reactive ketones (excluding diaryl/α,β-unsaturated/α-hetero) is 1. The molecule has 0 saturated carbocycles. The number of rotatable bonds is 10. The molecule has 1 heterocycles. The number of para-hydroxylation sites is 2. The lowest BCUT2D eigenvalue weighted by molar-refractivity contribution is -0.123. The molecule has 172 valence electrons. The number of anilines is 1. The van der Waals surface area contributed by atoms with E-state index in [4.69, 9.17) is 4.74 Å².